The summed E-state index contributed by atoms with van der Waals surface area (Å²) in [7, 11) is -3.74. The fourth-order valence-corrected chi connectivity index (χ4v) is 3.43. The highest BCUT2D eigenvalue weighted by Crippen LogP contribution is 2.20. The third-order valence-electron chi connectivity index (χ3n) is 3.51. The second kappa shape index (κ2) is 7.71. The number of nitrogens with one attached hydrogen (secondary N) is 1. The Morgan fingerprint density at radius 3 is 2.48 bits per heavy atom. The van der Waals surface area contributed by atoms with Crippen molar-refractivity contribution in [2.75, 3.05) is 18.0 Å². The third-order valence-corrected chi connectivity index (χ3v) is 4.97. The second-order valence-electron chi connectivity index (χ2n) is 5.48. The molecule has 134 valence electrons. The highest BCUT2D eigenvalue weighted by Gasteiger charge is 2.18. The van der Waals surface area contributed by atoms with Gasteiger partial charge in [-0.1, -0.05) is 12.1 Å². The predicted octanol–water partition coefficient (Wildman–Crippen LogP) is 2.60. The predicted molar refractivity (Wildman–Crippen MR) is 90.8 cm³/mol. The summed E-state index contributed by atoms with van der Waals surface area (Å²) in [5, 5.41) is 0. The Morgan fingerprint density at radius 2 is 1.88 bits per heavy atom. The normalized spacial score (nSPS) is 11.4. The van der Waals surface area contributed by atoms with E-state index in [1.807, 2.05) is 0 Å². The third kappa shape index (κ3) is 4.83. The van der Waals surface area contributed by atoms with Crippen LogP contribution in [0.1, 0.15) is 12.5 Å². The first kappa shape index (κ1) is 19.0. The molecule has 5 nitrogen and oxygen atoms in total. The fraction of sp³-hybridized carbons (Fsp3) is 0.235. The topological polar surface area (TPSA) is 66.5 Å². The minimum absolute atomic E-state index is 0.0943. The molecule has 0 spiro atoms. The number of aryl methyl sites for hydroxylation is 1. The molecule has 0 unspecified atom stereocenters. The van der Waals surface area contributed by atoms with Gasteiger partial charge in [-0.3, -0.25) is 4.79 Å². The van der Waals surface area contributed by atoms with Crippen LogP contribution in [0.5, 0.6) is 0 Å². The van der Waals surface area contributed by atoms with E-state index in [2.05, 4.69) is 4.72 Å². The minimum atomic E-state index is -3.74. The molecule has 2 aromatic carbocycles. The number of halogens is 2. The number of anilines is 1. The number of hydrogen-bond donors (Lipinski definition) is 1. The maximum Gasteiger partial charge on any atom is 0.240 e. The lowest BCUT2D eigenvalue weighted by Gasteiger charge is -2.22. The summed E-state index contributed by atoms with van der Waals surface area (Å²) in [5.74, 6) is -2.14. The standard InChI is InChI=1S/C17H18F2N2O3S/c1-12-4-3-5-15(10-12)25(23,24)20-8-9-21(13(2)22)17-7-6-14(18)11-16(17)19/h3-7,10-11,20H,8-9H2,1-2H3. The molecule has 0 aliphatic carbocycles. The molecule has 0 aliphatic rings. The Hall–Kier alpha value is -2.32. The molecule has 0 saturated carbocycles. The first-order valence-corrected chi connectivity index (χ1v) is 8.98. The minimum Gasteiger partial charge on any atom is -0.309 e. The quantitative estimate of drug-likeness (QED) is 0.852. The molecule has 1 N–H and O–H groups in total. The smallest absolute Gasteiger partial charge is 0.240 e. The lowest BCUT2D eigenvalue weighted by molar-refractivity contribution is -0.116. The van der Waals surface area contributed by atoms with Gasteiger partial charge in [0.2, 0.25) is 15.9 Å². The molecule has 0 radical (unpaired) electrons. The number of rotatable bonds is 6. The molecule has 25 heavy (non-hydrogen) atoms. The number of amides is 1. The van der Waals surface area contributed by atoms with E-state index in [1.54, 1.807) is 19.1 Å². The van der Waals surface area contributed by atoms with Crippen LogP contribution in [-0.2, 0) is 14.8 Å². The molecule has 0 aromatic heterocycles. The van der Waals surface area contributed by atoms with Crippen LogP contribution >= 0.6 is 0 Å². The number of hydrogen-bond acceptors (Lipinski definition) is 3. The Kier molecular flexibility index (Phi) is 5.86. The van der Waals surface area contributed by atoms with E-state index in [9.17, 15) is 22.0 Å². The molecular weight excluding hydrogens is 350 g/mol. The van der Waals surface area contributed by atoms with Gasteiger partial charge < -0.3 is 4.90 Å². The van der Waals surface area contributed by atoms with Crippen molar-refractivity contribution in [3.63, 3.8) is 0 Å². The van der Waals surface area contributed by atoms with Crippen molar-refractivity contribution >= 4 is 21.6 Å². The van der Waals surface area contributed by atoms with Gasteiger partial charge in [0, 0.05) is 26.1 Å². The molecule has 2 aromatic rings. The molecule has 0 bridgehead atoms. The zero-order valence-electron chi connectivity index (χ0n) is 13.8. The van der Waals surface area contributed by atoms with Crippen molar-refractivity contribution in [1.82, 2.24) is 4.72 Å². The van der Waals surface area contributed by atoms with Gasteiger partial charge in [0.15, 0.2) is 0 Å². The van der Waals surface area contributed by atoms with Crippen LogP contribution in [-0.4, -0.2) is 27.4 Å². The van der Waals surface area contributed by atoms with Crippen molar-refractivity contribution in [1.29, 1.82) is 0 Å². The highest BCUT2D eigenvalue weighted by atomic mass is 32.2. The lowest BCUT2D eigenvalue weighted by atomic mass is 10.2. The van der Waals surface area contributed by atoms with Gasteiger partial charge in [0.25, 0.3) is 0 Å². The monoisotopic (exact) mass is 368 g/mol. The average Bonchev–Trinajstić information content (AvgIpc) is 2.52. The molecule has 1 amide bonds. The summed E-state index contributed by atoms with van der Waals surface area (Å²) >= 11 is 0. The van der Waals surface area contributed by atoms with Gasteiger partial charge in [-0.15, -0.1) is 0 Å². The molecule has 0 fully saturated rings. The number of nitrogens with zero attached hydrogens (tertiary/aromatic N) is 1. The number of carbonyl (C=O) groups excluding carboxylic acids is 1. The summed E-state index contributed by atoms with van der Waals surface area (Å²) in [6, 6.07) is 9.21. The Balaban J connectivity index is 2.11. The Bertz CT molecular complexity index is 885. The molecule has 0 heterocycles. The summed E-state index contributed by atoms with van der Waals surface area (Å²) < 4.78 is 53.7. The second-order valence-corrected chi connectivity index (χ2v) is 7.25. The van der Waals surface area contributed by atoms with Crippen molar-refractivity contribution in [3.8, 4) is 0 Å². The van der Waals surface area contributed by atoms with Crippen LogP contribution in [0.15, 0.2) is 47.4 Å². The van der Waals surface area contributed by atoms with E-state index in [-0.39, 0.29) is 23.7 Å². The fourth-order valence-electron chi connectivity index (χ4n) is 2.31. The molecule has 0 atom stereocenters. The maximum absolute atomic E-state index is 13.9. The first-order valence-electron chi connectivity index (χ1n) is 7.50. The average molecular weight is 368 g/mol. The van der Waals surface area contributed by atoms with Gasteiger partial charge in [0.1, 0.15) is 11.6 Å². The largest absolute Gasteiger partial charge is 0.309 e. The van der Waals surface area contributed by atoms with E-state index in [0.717, 1.165) is 22.6 Å². The zero-order chi connectivity index (χ0) is 18.6. The summed E-state index contributed by atoms with van der Waals surface area (Å²) in [5.41, 5.74) is 0.685. The van der Waals surface area contributed by atoms with Crippen molar-refractivity contribution < 1.29 is 22.0 Å². The SMILES string of the molecule is CC(=O)N(CCNS(=O)(=O)c1cccc(C)c1)c1ccc(F)cc1F. The van der Waals surface area contributed by atoms with Crippen LogP contribution in [0.3, 0.4) is 0 Å². The summed E-state index contributed by atoms with van der Waals surface area (Å²) in [6.45, 7) is 2.78. The van der Waals surface area contributed by atoms with E-state index < -0.39 is 27.6 Å². The van der Waals surface area contributed by atoms with Gasteiger partial charge in [-0.25, -0.2) is 21.9 Å². The number of benzene rings is 2. The number of carbonyl (C=O) groups is 1. The molecule has 0 aliphatic heterocycles. The van der Waals surface area contributed by atoms with Crippen molar-refractivity contribution in [2.24, 2.45) is 0 Å². The Morgan fingerprint density at radius 1 is 1.16 bits per heavy atom. The van der Waals surface area contributed by atoms with Crippen LogP contribution in [0.25, 0.3) is 0 Å². The summed E-state index contributed by atoms with van der Waals surface area (Å²) in [4.78, 5) is 12.9. The van der Waals surface area contributed by atoms with Gasteiger partial charge in [-0.2, -0.15) is 0 Å². The van der Waals surface area contributed by atoms with Gasteiger partial charge >= 0.3 is 0 Å². The van der Waals surface area contributed by atoms with Crippen LogP contribution in [0.2, 0.25) is 0 Å². The molecule has 8 heteroatoms. The highest BCUT2D eigenvalue weighted by molar-refractivity contribution is 7.89. The summed E-state index contributed by atoms with van der Waals surface area (Å²) in [6.07, 6.45) is 0. The number of sulfonamides is 1. The van der Waals surface area contributed by atoms with E-state index in [4.69, 9.17) is 0 Å². The van der Waals surface area contributed by atoms with Crippen LogP contribution < -0.4 is 9.62 Å². The maximum atomic E-state index is 13.9. The van der Waals surface area contributed by atoms with Gasteiger partial charge in [-0.05, 0) is 36.8 Å². The zero-order valence-corrected chi connectivity index (χ0v) is 14.6. The Labute approximate surface area is 145 Å². The van der Waals surface area contributed by atoms with E-state index >= 15 is 0 Å². The lowest BCUT2D eigenvalue weighted by Crippen LogP contribution is -2.38. The molecule has 2 rings (SSSR count). The van der Waals surface area contributed by atoms with E-state index in [0.29, 0.717) is 6.07 Å². The van der Waals surface area contributed by atoms with E-state index in [1.165, 1.54) is 19.1 Å². The van der Waals surface area contributed by atoms with Gasteiger partial charge in [0.05, 0.1) is 10.6 Å². The van der Waals surface area contributed by atoms with Crippen molar-refractivity contribution in [3.05, 3.63) is 59.7 Å². The molecular formula is C17H18F2N2O3S. The van der Waals surface area contributed by atoms with Crippen LogP contribution in [0, 0.1) is 18.6 Å². The van der Waals surface area contributed by atoms with Crippen LogP contribution in [0.4, 0.5) is 14.5 Å². The molecule has 0 saturated heterocycles. The van der Waals surface area contributed by atoms with Crippen molar-refractivity contribution in [2.45, 2.75) is 18.7 Å². The first-order chi connectivity index (χ1) is 11.7.